The molecule has 0 saturated carbocycles. The summed E-state index contributed by atoms with van der Waals surface area (Å²) in [4.78, 5) is 17.8. The number of hydrogen-bond donors (Lipinski definition) is 1. The number of aromatic nitrogens is 1. The van der Waals surface area contributed by atoms with E-state index in [-0.39, 0.29) is 5.91 Å². The van der Waals surface area contributed by atoms with Crippen LogP contribution in [0.3, 0.4) is 0 Å². The number of hydrogen-bond acceptors (Lipinski definition) is 2. The van der Waals surface area contributed by atoms with E-state index in [1.807, 2.05) is 29.2 Å². The number of halogens is 2. The number of carbonyl (C=O) groups is 1. The molecule has 0 bridgehead atoms. The quantitative estimate of drug-likeness (QED) is 0.777. The summed E-state index contributed by atoms with van der Waals surface area (Å²) in [5.74, 6) is 1.03. The second-order valence-corrected chi connectivity index (χ2v) is 7.21. The SMILES string of the molecule is COc1cccc(CCC(=O)N2CCc3[nH]c(Br)c(Br)c3C2)c1. The van der Waals surface area contributed by atoms with Crippen LogP contribution in [-0.4, -0.2) is 29.4 Å². The number of amides is 1. The first-order valence-corrected chi connectivity index (χ1v) is 9.12. The Bertz CT molecular complexity index is 727. The Hall–Kier alpha value is -1.27. The third-order valence-corrected chi connectivity index (χ3v) is 6.18. The van der Waals surface area contributed by atoms with Gasteiger partial charge in [0.05, 0.1) is 16.2 Å². The minimum atomic E-state index is 0.197. The lowest BCUT2D eigenvalue weighted by atomic mass is 10.1. The molecule has 1 aliphatic rings. The zero-order valence-electron chi connectivity index (χ0n) is 12.9. The van der Waals surface area contributed by atoms with Crippen molar-refractivity contribution in [3.63, 3.8) is 0 Å². The smallest absolute Gasteiger partial charge is 0.223 e. The van der Waals surface area contributed by atoms with Gasteiger partial charge in [-0.15, -0.1) is 0 Å². The van der Waals surface area contributed by atoms with Gasteiger partial charge in [-0.2, -0.15) is 0 Å². The maximum Gasteiger partial charge on any atom is 0.223 e. The molecule has 1 aromatic heterocycles. The number of aromatic amines is 1. The van der Waals surface area contributed by atoms with Crippen LogP contribution in [0.15, 0.2) is 33.3 Å². The Morgan fingerprint density at radius 3 is 3.00 bits per heavy atom. The maximum atomic E-state index is 12.5. The highest BCUT2D eigenvalue weighted by molar-refractivity contribution is 9.13. The van der Waals surface area contributed by atoms with Gasteiger partial charge < -0.3 is 14.6 Å². The van der Waals surface area contributed by atoms with Crippen molar-refractivity contribution < 1.29 is 9.53 Å². The normalized spacial score (nSPS) is 13.8. The van der Waals surface area contributed by atoms with E-state index in [1.165, 1.54) is 11.3 Å². The minimum Gasteiger partial charge on any atom is -0.497 e. The van der Waals surface area contributed by atoms with Gasteiger partial charge in [-0.1, -0.05) is 12.1 Å². The molecule has 0 aliphatic carbocycles. The molecule has 122 valence electrons. The van der Waals surface area contributed by atoms with Crippen LogP contribution in [-0.2, 0) is 24.2 Å². The van der Waals surface area contributed by atoms with Gasteiger partial charge in [0.25, 0.3) is 0 Å². The molecule has 1 amide bonds. The maximum absolute atomic E-state index is 12.5. The number of ether oxygens (including phenoxy) is 1. The van der Waals surface area contributed by atoms with Gasteiger partial charge in [-0.05, 0) is 56.0 Å². The van der Waals surface area contributed by atoms with E-state index in [0.29, 0.717) is 13.0 Å². The van der Waals surface area contributed by atoms with E-state index in [1.54, 1.807) is 7.11 Å². The van der Waals surface area contributed by atoms with Gasteiger partial charge in [-0.25, -0.2) is 0 Å². The Labute approximate surface area is 152 Å². The number of carbonyl (C=O) groups excluding carboxylic acids is 1. The van der Waals surface area contributed by atoms with Crippen molar-refractivity contribution in [2.24, 2.45) is 0 Å². The van der Waals surface area contributed by atoms with E-state index < -0.39 is 0 Å². The number of benzene rings is 1. The summed E-state index contributed by atoms with van der Waals surface area (Å²) in [5.41, 5.74) is 3.51. The average molecular weight is 442 g/mol. The van der Waals surface area contributed by atoms with Crippen molar-refractivity contribution in [3.8, 4) is 5.75 Å². The van der Waals surface area contributed by atoms with Crippen molar-refractivity contribution in [1.82, 2.24) is 9.88 Å². The van der Waals surface area contributed by atoms with Crippen molar-refractivity contribution in [2.45, 2.75) is 25.8 Å². The van der Waals surface area contributed by atoms with Crippen LogP contribution in [0.1, 0.15) is 23.2 Å². The van der Waals surface area contributed by atoms with Crippen LogP contribution in [0, 0.1) is 0 Å². The Kier molecular flexibility index (Phi) is 5.11. The standard InChI is InChI=1S/C17H18Br2N2O2/c1-23-12-4-2-3-11(9-12)5-6-15(22)21-8-7-14-13(10-21)16(18)17(19)20-14/h2-4,9,20H,5-8,10H2,1H3. The third kappa shape index (κ3) is 3.63. The summed E-state index contributed by atoms with van der Waals surface area (Å²) in [6.07, 6.45) is 2.12. The van der Waals surface area contributed by atoms with Gasteiger partial charge in [0.1, 0.15) is 5.75 Å². The van der Waals surface area contributed by atoms with Crippen molar-refractivity contribution >= 4 is 37.8 Å². The highest BCUT2D eigenvalue weighted by Gasteiger charge is 2.24. The highest BCUT2D eigenvalue weighted by atomic mass is 79.9. The first-order valence-electron chi connectivity index (χ1n) is 7.54. The summed E-state index contributed by atoms with van der Waals surface area (Å²) in [6, 6.07) is 7.89. The zero-order valence-corrected chi connectivity index (χ0v) is 16.0. The van der Waals surface area contributed by atoms with Crippen molar-refractivity contribution in [2.75, 3.05) is 13.7 Å². The number of fused-ring (bicyclic) bond motifs is 1. The molecule has 0 atom stereocenters. The second kappa shape index (κ2) is 7.09. The van der Waals surface area contributed by atoms with Gasteiger partial charge in [-0.3, -0.25) is 4.79 Å². The molecule has 1 N–H and O–H groups in total. The largest absolute Gasteiger partial charge is 0.497 e. The van der Waals surface area contributed by atoms with E-state index in [9.17, 15) is 4.79 Å². The number of nitrogens with one attached hydrogen (secondary N) is 1. The number of aryl methyl sites for hydroxylation is 1. The second-order valence-electron chi connectivity index (χ2n) is 5.63. The molecular weight excluding hydrogens is 424 g/mol. The van der Waals surface area contributed by atoms with Crippen molar-refractivity contribution in [1.29, 1.82) is 0 Å². The van der Waals surface area contributed by atoms with E-state index >= 15 is 0 Å². The fraction of sp³-hybridized carbons (Fsp3) is 0.353. The fourth-order valence-corrected chi connectivity index (χ4v) is 3.82. The van der Waals surface area contributed by atoms with Crippen LogP contribution in [0.25, 0.3) is 0 Å². The Balaban J connectivity index is 1.62. The first kappa shape index (κ1) is 16.6. The van der Waals surface area contributed by atoms with E-state index in [4.69, 9.17) is 4.74 Å². The van der Waals surface area contributed by atoms with E-state index in [0.717, 1.165) is 39.8 Å². The predicted molar refractivity (Wildman–Crippen MR) is 96.6 cm³/mol. The van der Waals surface area contributed by atoms with Crippen molar-refractivity contribution in [3.05, 3.63) is 50.2 Å². The first-order chi connectivity index (χ1) is 11.1. The topological polar surface area (TPSA) is 45.3 Å². The van der Waals surface area contributed by atoms with Crippen LogP contribution in [0.4, 0.5) is 0 Å². The van der Waals surface area contributed by atoms with Gasteiger partial charge in [0.15, 0.2) is 0 Å². The molecule has 2 aromatic rings. The molecule has 2 heterocycles. The van der Waals surface area contributed by atoms with Gasteiger partial charge in [0.2, 0.25) is 5.91 Å². The summed E-state index contributed by atoms with van der Waals surface area (Å²) < 4.78 is 7.20. The molecule has 0 fully saturated rings. The molecule has 0 spiro atoms. The minimum absolute atomic E-state index is 0.197. The summed E-state index contributed by atoms with van der Waals surface area (Å²) in [7, 11) is 1.66. The predicted octanol–water partition coefficient (Wildman–Crippen LogP) is 4.07. The molecule has 1 aromatic carbocycles. The van der Waals surface area contributed by atoms with Crippen LogP contribution in [0.2, 0.25) is 0 Å². The zero-order chi connectivity index (χ0) is 16.4. The molecule has 0 unspecified atom stereocenters. The lowest BCUT2D eigenvalue weighted by molar-refractivity contribution is -0.132. The molecule has 4 nitrogen and oxygen atoms in total. The number of rotatable bonds is 4. The lowest BCUT2D eigenvalue weighted by Gasteiger charge is -2.27. The fourth-order valence-electron chi connectivity index (χ4n) is 2.87. The van der Waals surface area contributed by atoms with E-state index in [2.05, 4.69) is 36.8 Å². The molecular formula is C17H18Br2N2O2. The molecule has 1 aliphatic heterocycles. The lowest BCUT2D eigenvalue weighted by Crippen LogP contribution is -2.36. The van der Waals surface area contributed by atoms with Crippen LogP contribution in [0.5, 0.6) is 5.75 Å². The van der Waals surface area contributed by atoms with Gasteiger partial charge in [0, 0.05) is 37.2 Å². The van der Waals surface area contributed by atoms with Crippen LogP contribution < -0.4 is 4.74 Å². The Morgan fingerprint density at radius 1 is 1.39 bits per heavy atom. The number of methoxy groups -OCH3 is 1. The molecule has 0 saturated heterocycles. The number of nitrogens with zero attached hydrogens (tertiary/aromatic N) is 1. The third-order valence-electron chi connectivity index (χ3n) is 4.18. The summed E-state index contributed by atoms with van der Waals surface area (Å²) >= 11 is 7.06. The molecule has 0 radical (unpaired) electrons. The monoisotopic (exact) mass is 440 g/mol. The molecule has 23 heavy (non-hydrogen) atoms. The number of H-pyrrole nitrogens is 1. The summed E-state index contributed by atoms with van der Waals surface area (Å²) in [5, 5.41) is 0. The molecule has 6 heteroatoms. The van der Waals surface area contributed by atoms with Gasteiger partial charge >= 0.3 is 0 Å². The Morgan fingerprint density at radius 2 is 2.22 bits per heavy atom. The van der Waals surface area contributed by atoms with Crippen LogP contribution >= 0.6 is 31.9 Å². The highest BCUT2D eigenvalue weighted by Crippen LogP contribution is 2.33. The summed E-state index contributed by atoms with van der Waals surface area (Å²) in [6.45, 7) is 1.43. The average Bonchev–Trinajstić information content (AvgIpc) is 2.87. The molecule has 3 rings (SSSR count).